The molecule has 2 saturated carbocycles. The highest BCUT2D eigenvalue weighted by Crippen LogP contribution is 2.52. The highest BCUT2D eigenvalue weighted by molar-refractivity contribution is 5.24. The Bertz CT molecular complexity index is 485. The third-order valence-corrected chi connectivity index (χ3v) is 5.57. The molecule has 0 aliphatic heterocycles. The second-order valence-corrected chi connectivity index (χ2v) is 6.76. The number of nitrogens with two attached hydrogens (primary N) is 1. The molecule has 3 nitrogen and oxygen atoms in total. The molecule has 0 spiro atoms. The Morgan fingerprint density at radius 2 is 2.05 bits per heavy atom. The van der Waals surface area contributed by atoms with Crippen molar-refractivity contribution in [1.82, 2.24) is 9.97 Å². The van der Waals surface area contributed by atoms with Gasteiger partial charge < -0.3 is 5.73 Å². The fourth-order valence-electron chi connectivity index (χ4n) is 4.50. The molecule has 3 heteroatoms. The van der Waals surface area contributed by atoms with Crippen LogP contribution in [0.2, 0.25) is 0 Å². The predicted octanol–water partition coefficient (Wildman–Crippen LogP) is 3.11. The van der Waals surface area contributed by atoms with Gasteiger partial charge in [0.2, 0.25) is 0 Å². The lowest BCUT2D eigenvalue weighted by molar-refractivity contribution is 0.404. The second kappa shape index (κ2) is 4.55. The Morgan fingerprint density at radius 3 is 2.84 bits per heavy atom. The zero-order chi connectivity index (χ0) is 12.8. The van der Waals surface area contributed by atoms with Crippen molar-refractivity contribution in [2.24, 2.45) is 17.6 Å². The second-order valence-electron chi connectivity index (χ2n) is 6.76. The standard InChI is InChI=1S/C16H23N3/c17-14-3-1-2-4-15-13(14)9-18-16(19-15)12-8-10-5-6-11(12)7-10/h9-12,14H,1-8,17H2. The summed E-state index contributed by atoms with van der Waals surface area (Å²) in [7, 11) is 0. The number of hydrogen-bond acceptors (Lipinski definition) is 3. The van der Waals surface area contributed by atoms with Gasteiger partial charge in [0.15, 0.2) is 0 Å². The van der Waals surface area contributed by atoms with E-state index in [4.69, 9.17) is 15.7 Å². The summed E-state index contributed by atoms with van der Waals surface area (Å²) in [6, 6.07) is 0.159. The van der Waals surface area contributed by atoms with Gasteiger partial charge in [-0.05, 0) is 50.4 Å². The van der Waals surface area contributed by atoms with E-state index in [1.807, 2.05) is 6.20 Å². The fourth-order valence-corrected chi connectivity index (χ4v) is 4.50. The SMILES string of the molecule is NC1CCCCc2nc(C3CC4CCC3C4)ncc21. The molecule has 1 aromatic rings. The van der Waals surface area contributed by atoms with Crippen LogP contribution in [0.25, 0.3) is 0 Å². The largest absolute Gasteiger partial charge is 0.324 e. The lowest BCUT2D eigenvalue weighted by atomic mass is 9.88. The number of nitrogens with zero attached hydrogens (tertiary/aromatic N) is 2. The summed E-state index contributed by atoms with van der Waals surface area (Å²) in [5, 5.41) is 0. The lowest BCUT2D eigenvalue weighted by Gasteiger charge is -2.21. The van der Waals surface area contributed by atoms with Gasteiger partial charge in [0.05, 0.1) is 0 Å². The molecule has 4 unspecified atom stereocenters. The van der Waals surface area contributed by atoms with Crippen molar-refractivity contribution >= 4 is 0 Å². The summed E-state index contributed by atoms with van der Waals surface area (Å²) < 4.78 is 0. The average Bonchev–Trinajstić information content (AvgIpc) is 3.01. The van der Waals surface area contributed by atoms with Gasteiger partial charge in [-0.15, -0.1) is 0 Å². The Labute approximate surface area is 115 Å². The normalized spacial score (nSPS) is 37.1. The van der Waals surface area contributed by atoms with Crippen LogP contribution >= 0.6 is 0 Å². The van der Waals surface area contributed by atoms with Crippen molar-refractivity contribution in [2.45, 2.75) is 63.3 Å². The minimum atomic E-state index is 0.159. The van der Waals surface area contributed by atoms with E-state index in [0.717, 1.165) is 30.5 Å². The van der Waals surface area contributed by atoms with Crippen molar-refractivity contribution in [3.05, 3.63) is 23.3 Å². The van der Waals surface area contributed by atoms with Gasteiger partial charge in [-0.25, -0.2) is 9.97 Å². The zero-order valence-electron chi connectivity index (χ0n) is 11.5. The number of aromatic nitrogens is 2. The monoisotopic (exact) mass is 257 g/mol. The molecule has 2 N–H and O–H groups in total. The summed E-state index contributed by atoms with van der Waals surface area (Å²) in [6.45, 7) is 0. The third kappa shape index (κ3) is 1.99. The van der Waals surface area contributed by atoms with E-state index in [0.29, 0.717) is 5.92 Å². The summed E-state index contributed by atoms with van der Waals surface area (Å²) in [5.41, 5.74) is 8.69. The first-order valence-electron chi connectivity index (χ1n) is 7.92. The van der Waals surface area contributed by atoms with Gasteiger partial charge in [0.25, 0.3) is 0 Å². The molecule has 0 radical (unpaired) electrons. The Hall–Kier alpha value is -0.960. The first-order chi connectivity index (χ1) is 9.31. The zero-order valence-corrected chi connectivity index (χ0v) is 11.5. The molecule has 1 heterocycles. The molecule has 0 saturated heterocycles. The van der Waals surface area contributed by atoms with Crippen molar-refractivity contribution < 1.29 is 0 Å². The fraction of sp³-hybridized carbons (Fsp3) is 0.750. The maximum atomic E-state index is 6.23. The highest BCUT2D eigenvalue weighted by Gasteiger charge is 2.41. The van der Waals surface area contributed by atoms with E-state index in [1.165, 1.54) is 49.8 Å². The molecule has 2 bridgehead atoms. The Balaban J connectivity index is 1.66. The summed E-state index contributed by atoms with van der Waals surface area (Å²) in [4.78, 5) is 9.63. The Morgan fingerprint density at radius 1 is 1.11 bits per heavy atom. The molecule has 4 rings (SSSR count). The van der Waals surface area contributed by atoms with E-state index in [2.05, 4.69) is 0 Å². The maximum absolute atomic E-state index is 6.23. The average molecular weight is 257 g/mol. The van der Waals surface area contributed by atoms with Crippen molar-refractivity contribution in [2.75, 3.05) is 0 Å². The molecule has 3 aliphatic rings. The van der Waals surface area contributed by atoms with Gasteiger partial charge in [-0.3, -0.25) is 0 Å². The van der Waals surface area contributed by atoms with E-state index in [9.17, 15) is 0 Å². The number of fused-ring (bicyclic) bond motifs is 3. The minimum Gasteiger partial charge on any atom is -0.324 e. The van der Waals surface area contributed by atoms with Crippen molar-refractivity contribution in [1.29, 1.82) is 0 Å². The maximum Gasteiger partial charge on any atom is 0.131 e. The van der Waals surface area contributed by atoms with Gasteiger partial charge in [-0.2, -0.15) is 0 Å². The molecule has 1 aromatic heterocycles. The predicted molar refractivity (Wildman–Crippen MR) is 74.7 cm³/mol. The van der Waals surface area contributed by atoms with Crippen LogP contribution in [0.4, 0.5) is 0 Å². The molecular formula is C16H23N3. The van der Waals surface area contributed by atoms with Crippen molar-refractivity contribution in [3.63, 3.8) is 0 Å². The highest BCUT2D eigenvalue weighted by atomic mass is 14.9. The topological polar surface area (TPSA) is 51.8 Å². The van der Waals surface area contributed by atoms with Crippen LogP contribution in [0.3, 0.4) is 0 Å². The van der Waals surface area contributed by atoms with E-state index in [1.54, 1.807) is 0 Å². The quantitative estimate of drug-likeness (QED) is 0.786. The third-order valence-electron chi connectivity index (χ3n) is 5.57. The van der Waals surface area contributed by atoms with Crippen LogP contribution in [0, 0.1) is 11.8 Å². The van der Waals surface area contributed by atoms with Gasteiger partial charge in [-0.1, -0.05) is 12.8 Å². The van der Waals surface area contributed by atoms with Gasteiger partial charge in [0, 0.05) is 29.4 Å². The number of aryl methyl sites for hydroxylation is 1. The number of hydrogen-bond donors (Lipinski definition) is 1. The first-order valence-corrected chi connectivity index (χ1v) is 7.92. The minimum absolute atomic E-state index is 0.159. The van der Waals surface area contributed by atoms with Crippen LogP contribution in [0.15, 0.2) is 6.20 Å². The number of rotatable bonds is 1. The lowest BCUT2D eigenvalue weighted by Crippen LogP contribution is -2.17. The van der Waals surface area contributed by atoms with E-state index >= 15 is 0 Å². The van der Waals surface area contributed by atoms with Crippen LogP contribution in [-0.2, 0) is 6.42 Å². The van der Waals surface area contributed by atoms with Crippen molar-refractivity contribution in [3.8, 4) is 0 Å². The molecule has 102 valence electrons. The van der Waals surface area contributed by atoms with Crippen LogP contribution in [-0.4, -0.2) is 9.97 Å². The van der Waals surface area contributed by atoms with E-state index < -0.39 is 0 Å². The van der Waals surface area contributed by atoms with Crippen LogP contribution in [0.5, 0.6) is 0 Å². The molecule has 3 aliphatic carbocycles. The molecule has 2 fully saturated rings. The molecule has 0 aromatic carbocycles. The summed E-state index contributed by atoms with van der Waals surface area (Å²) >= 11 is 0. The first kappa shape index (κ1) is 11.8. The van der Waals surface area contributed by atoms with Crippen LogP contribution in [0.1, 0.15) is 74.0 Å². The molecule has 19 heavy (non-hydrogen) atoms. The smallest absolute Gasteiger partial charge is 0.131 e. The molecular weight excluding hydrogens is 234 g/mol. The molecule has 4 atom stereocenters. The summed E-state index contributed by atoms with van der Waals surface area (Å²) in [5.74, 6) is 3.59. The van der Waals surface area contributed by atoms with Crippen LogP contribution < -0.4 is 5.73 Å². The Kier molecular flexibility index (Phi) is 2.83. The van der Waals surface area contributed by atoms with Gasteiger partial charge in [0.1, 0.15) is 5.82 Å². The van der Waals surface area contributed by atoms with E-state index in [-0.39, 0.29) is 6.04 Å². The molecule has 0 amide bonds. The summed E-state index contributed by atoms with van der Waals surface area (Å²) in [6.07, 6.45) is 12.3. The van der Waals surface area contributed by atoms with Gasteiger partial charge >= 0.3 is 0 Å².